The molecule has 116 valence electrons. The van der Waals surface area contributed by atoms with E-state index < -0.39 is 0 Å². The molecule has 0 aliphatic carbocycles. The van der Waals surface area contributed by atoms with Gasteiger partial charge in [0.25, 0.3) is 0 Å². The molecular formula is C16H25N3OS. The summed E-state index contributed by atoms with van der Waals surface area (Å²) in [4.78, 5) is 17.8. The number of amides is 1. The van der Waals surface area contributed by atoms with Crippen LogP contribution in [0.15, 0.2) is 30.2 Å². The number of piperidine rings is 1. The van der Waals surface area contributed by atoms with Crippen molar-refractivity contribution in [3.05, 3.63) is 35.0 Å². The summed E-state index contributed by atoms with van der Waals surface area (Å²) in [5, 5.41) is 2.04. The molecule has 1 aliphatic rings. The Bertz CT molecular complexity index is 460. The Morgan fingerprint density at radius 1 is 1.67 bits per heavy atom. The molecule has 1 saturated heterocycles. The van der Waals surface area contributed by atoms with Gasteiger partial charge in [-0.1, -0.05) is 19.1 Å². The van der Waals surface area contributed by atoms with Crippen LogP contribution in [-0.2, 0) is 11.3 Å². The fourth-order valence-electron chi connectivity index (χ4n) is 2.69. The fourth-order valence-corrected chi connectivity index (χ4v) is 3.41. The molecule has 2 unspecified atom stereocenters. The van der Waals surface area contributed by atoms with Gasteiger partial charge in [-0.15, -0.1) is 17.9 Å². The Hall–Kier alpha value is -1.17. The summed E-state index contributed by atoms with van der Waals surface area (Å²) in [5.41, 5.74) is 6.04. The third-order valence-corrected chi connectivity index (χ3v) is 4.90. The van der Waals surface area contributed by atoms with Gasteiger partial charge < -0.3 is 10.6 Å². The van der Waals surface area contributed by atoms with E-state index in [1.165, 1.54) is 4.88 Å². The second-order valence-corrected chi connectivity index (χ2v) is 6.84. The highest BCUT2D eigenvalue weighted by atomic mass is 32.1. The van der Waals surface area contributed by atoms with Crippen LogP contribution in [0.25, 0.3) is 0 Å². The number of rotatable bonds is 6. The average molecular weight is 307 g/mol. The second-order valence-electron chi connectivity index (χ2n) is 5.81. The van der Waals surface area contributed by atoms with Gasteiger partial charge in [0.05, 0.1) is 13.1 Å². The van der Waals surface area contributed by atoms with Crippen LogP contribution in [0.5, 0.6) is 0 Å². The molecule has 4 nitrogen and oxygen atoms in total. The Morgan fingerprint density at radius 3 is 3.10 bits per heavy atom. The molecular weight excluding hydrogens is 282 g/mol. The Balaban J connectivity index is 1.90. The molecule has 1 aromatic heterocycles. The molecule has 1 fully saturated rings. The number of hydrogen-bond acceptors (Lipinski definition) is 4. The molecule has 0 aromatic carbocycles. The van der Waals surface area contributed by atoms with Crippen molar-refractivity contribution in [1.29, 1.82) is 0 Å². The van der Waals surface area contributed by atoms with E-state index in [-0.39, 0.29) is 11.9 Å². The number of nitrogens with two attached hydrogens (primary N) is 1. The van der Waals surface area contributed by atoms with Gasteiger partial charge >= 0.3 is 0 Å². The molecule has 0 spiro atoms. The van der Waals surface area contributed by atoms with Gasteiger partial charge in [0.15, 0.2) is 0 Å². The zero-order chi connectivity index (χ0) is 15.2. The minimum absolute atomic E-state index is 0.172. The number of thiophene rings is 1. The predicted octanol–water partition coefficient (Wildman–Crippen LogP) is 1.93. The smallest absolute Gasteiger partial charge is 0.237 e. The molecule has 1 amide bonds. The van der Waals surface area contributed by atoms with E-state index in [4.69, 9.17) is 5.73 Å². The highest BCUT2D eigenvalue weighted by Crippen LogP contribution is 2.16. The van der Waals surface area contributed by atoms with Crippen LogP contribution in [-0.4, -0.2) is 47.9 Å². The first-order valence-corrected chi connectivity index (χ1v) is 8.37. The van der Waals surface area contributed by atoms with E-state index in [1.807, 2.05) is 16.3 Å². The van der Waals surface area contributed by atoms with Crippen LogP contribution in [0.4, 0.5) is 0 Å². The van der Waals surface area contributed by atoms with Crippen molar-refractivity contribution in [2.45, 2.75) is 25.9 Å². The monoisotopic (exact) mass is 307 g/mol. The second kappa shape index (κ2) is 7.73. The lowest BCUT2D eigenvalue weighted by molar-refractivity contribution is -0.132. The summed E-state index contributed by atoms with van der Waals surface area (Å²) in [6.07, 6.45) is 2.76. The molecule has 2 heterocycles. The van der Waals surface area contributed by atoms with Gasteiger partial charge in [-0.25, -0.2) is 0 Å². The van der Waals surface area contributed by atoms with Crippen molar-refractivity contribution in [2.75, 3.05) is 26.2 Å². The van der Waals surface area contributed by atoms with Crippen molar-refractivity contribution in [3.8, 4) is 0 Å². The van der Waals surface area contributed by atoms with E-state index in [2.05, 4.69) is 24.5 Å². The van der Waals surface area contributed by atoms with E-state index >= 15 is 0 Å². The zero-order valence-electron chi connectivity index (χ0n) is 12.7. The number of hydrogen-bond donors (Lipinski definition) is 1. The maximum Gasteiger partial charge on any atom is 0.237 e. The number of likely N-dealkylation sites (tertiary alicyclic amines) is 1. The highest BCUT2D eigenvalue weighted by Gasteiger charge is 2.25. The highest BCUT2D eigenvalue weighted by molar-refractivity contribution is 7.09. The molecule has 1 aromatic rings. The summed E-state index contributed by atoms with van der Waals surface area (Å²) in [6, 6.07) is 4.35. The predicted molar refractivity (Wildman–Crippen MR) is 88.1 cm³/mol. The summed E-state index contributed by atoms with van der Waals surface area (Å²) in [6.45, 7) is 9.50. The fraction of sp³-hybridized carbons (Fsp3) is 0.562. The molecule has 2 atom stereocenters. The Morgan fingerprint density at radius 2 is 2.48 bits per heavy atom. The van der Waals surface area contributed by atoms with Crippen molar-refractivity contribution >= 4 is 17.2 Å². The van der Waals surface area contributed by atoms with Crippen LogP contribution in [0, 0.1) is 5.92 Å². The zero-order valence-corrected chi connectivity index (χ0v) is 13.5. The summed E-state index contributed by atoms with van der Waals surface area (Å²) < 4.78 is 0. The minimum atomic E-state index is 0.172. The number of nitrogens with zero attached hydrogens (tertiary/aromatic N) is 2. The molecule has 5 heteroatoms. The van der Waals surface area contributed by atoms with Crippen LogP contribution < -0.4 is 5.73 Å². The third kappa shape index (κ3) is 4.66. The Kier molecular flexibility index (Phi) is 5.96. The topological polar surface area (TPSA) is 49.6 Å². The van der Waals surface area contributed by atoms with Gasteiger partial charge in [-0.3, -0.25) is 9.69 Å². The van der Waals surface area contributed by atoms with Crippen molar-refractivity contribution < 1.29 is 4.79 Å². The molecule has 21 heavy (non-hydrogen) atoms. The first-order chi connectivity index (χ1) is 10.1. The van der Waals surface area contributed by atoms with E-state index in [1.54, 1.807) is 17.4 Å². The summed E-state index contributed by atoms with van der Waals surface area (Å²) in [7, 11) is 0. The molecule has 0 bridgehead atoms. The van der Waals surface area contributed by atoms with Crippen LogP contribution in [0.1, 0.15) is 18.2 Å². The van der Waals surface area contributed by atoms with Gasteiger partial charge in [0, 0.05) is 30.6 Å². The lowest BCUT2D eigenvalue weighted by atomic mass is 9.95. The van der Waals surface area contributed by atoms with Crippen LogP contribution in [0.2, 0.25) is 0 Å². The lowest BCUT2D eigenvalue weighted by Gasteiger charge is -2.35. The number of carbonyl (C=O) groups excluding carboxylic acids is 1. The van der Waals surface area contributed by atoms with Crippen molar-refractivity contribution in [2.24, 2.45) is 11.7 Å². The van der Waals surface area contributed by atoms with Crippen molar-refractivity contribution in [3.63, 3.8) is 0 Å². The third-order valence-electron chi connectivity index (χ3n) is 4.04. The standard InChI is InChI=1S/C16H25N3OS/c1-3-7-19(11-14-5-4-9-21-14)16(20)12-18-8-6-15(17)13(2)10-18/h3-5,9,13,15H,1,6-8,10-12,17H2,2H3. The van der Waals surface area contributed by atoms with Gasteiger partial charge in [-0.05, 0) is 23.8 Å². The quantitative estimate of drug-likeness (QED) is 0.817. The normalized spacial score (nSPS) is 23.0. The van der Waals surface area contributed by atoms with E-state index in [0.717, 1.165) is 19.5 Å². The van der Waals surface area contributed by atoms with Crippen LogP contribution >= 0.6 is 11.3 Å². The van der Waals surface area contributed by atoms with E-state index in [0.29, 0.717) is 25.6 Å². The van der Waals surface area contributed by atoms with Gasteiger partial charge in [-0.2, -0.15) is 0 Å². The number of carbonyl (C=O) groups is 1. The first-order valence-electron chi connectivity index (χ1n) is 7.49. The van der Waals surface area contributed by atoms with Crippen molar-refractivity contribution in [1.82, 2.24) is 9.80 Å². The molecule has 1 aliphatic heterocycles. The van der Waals surface area contributed by atoms with Crippen LogP contribution in [0.3, 0.4) is 0 Å². The maximum absolute atomic E-state index is 12.5. The van der Waals surface area contributed by atoms with Gasteiger partial charge in [0.2, 0.25) is 5.91 Å². The molecule has 2 N–H and O–H groups in total. The summed E-state index contributed by atoms with van der Waals surface area (Å²) >= 11 is 1.68. The molecule has 2 rings (SSSR count). The Labute approximate surface area is 131 Å². The largest absolute Gasteiger partial charge is 0.333 e. The average Bonchev–Trinajstić information content (AvgIpc) is 2.95. The first kappa shape index (κ1) is 16.2. The maximum atomic E-state index is 12.5. The lowest BCUT2D eigenvalue weighted by Crippen LogP contribution is -2.49. The minimum Gasteiger partial charge on any atom is -0.333 e. The van der Waals surface area contributed by atoms with Gasteiger partial charge in [0.1, 0.15) is 0 Å². The SMILES string of the molecule is C=CCN(Cc1cccs1)C(=O)CN1CCC(N)C(C)C1. The molecule has 0 saturated carbocycles. The molecule has 0 radical (unpaired) electrons. The summed E-state index contributed by atoms with van der Waals surface area (Å²) in [5.74, 6) is 0.627. The van der Waals surface area contributed by atoms with E-state index in [9.17, 15) is 4.79 Å².